The van der Waals surface area contributed by atoms with Gasteiger partial charge in [0.15, 0.2) is 0 Å². The Morgan fingerprint density at radius 2 is 2.05 bits per heavy atom. The Balaban J connectivity index is 1.84. The highest BCUT2D eigenvalue weighted by Gasteiger charge is 2.10. The average molecular weight is 288 g/mol. The molecule has 8 heteroatoms. The lowest BCUT2D eigenvalue weighted by molar-refractivity contribution is 0.642. The summed E-state index contributed by atoms with van der Waals surface area (Å²) >= 11 is 0. The van der Waals surface area contributed by atoms with Gasteiger partial charge in [-0.05, 0) is 12.1 Å². The molecule has 0 fully saturated rings. The van der Waals surface area contributed by atoms with Crippen LogP contribution in [0.5, 0.6) is 0 Å². The molecule has 7 nitrogen and oxygen atoms in total. The average Bonchev–Trinajstić information content (AvgIpc) is 3.09. The van der Waals surface area contributed by atoms with Crippen molar-refractivity contribution in [2.24, 2.45) is 0 Å². The monoisotopic (exact) mass is 288 g/mol. The highest BCUT2D eigenvalue weighted by Crippen LogP contribution is 2.07. The van der Waals surface area contributed by atoms with Crippen LogP contribution >= 0.6 is 0 Å². The van der Waals surface area contributed by atoms with Crippen LogP contribution < -0.4 is 0 Å². The van der Waals surface area contributed by atoms with Crippen molar-refractivity contribution in [1.29, 1.82) is 0 Å². The highest BCUT2D eigenvalue weighted by molar-refractivity contribution is 7.84. The van der Waals surface area contributed by atoms with Crippen LogP contribution in [-0.4, -0.2) is 40.2 Å². The second kappa shape index (κ2) is 5.33. The molecular formula is C12H12N6OS. The Hall–Kier alpha value is -2.35. The lowest BCUT2D eigenvalue weighted by Gasteiger charge is -2.01. The number of aromatic nitrogens is 6. The molecule has 0 aliphatic heterocycles. The maximum Gasteiger partial charge on any atom is 0.221 e. The minimum atomic E-state index is -1.18. The van der Waals surface area contributed by atoms with Crippen molar-refractivity contribution in [3.05, 3.63) is 48.5 Å². The molecule has 1 atom stereocenters. The molecule has 2 aromatic heterocycles. The molecule has 2 heterocycles. The van der Waals surface area contributed by atoms with Gasteiger partial charge in [0.1, 0.15) is 12.0 Å². The number of benzene rings is 1. The van der Waals surface area contributed by atoms with Crippen LogP contribution in [0, 0.1) is 0 Å². The Bertz CT molecular complexity index is 735. The quantitative estimate of drug-likeness (QED) is 0.704. The van der Waals surface area contributed by atoms with E-state index >= 15 is 0 Å². The van der Waals surface area contributed by atoms with Crippen LogP contribution in [0.2, 0.25) is 0 Å². The van der Waals surface area contributed by atoms with Crippen molar-refractivity contribution in [1.82, 2.24) is 29.8 Å². The van der Waals surface area contributed by atoms with E-state index in [1.807, 2.05) is 30.3 Å². The zero-order valence-electron chi connectivity index (χ0n) is 10.7. The van der Waals surface area contributed by atoms with Crippen LogP contribution in [0.4, 0.5) is 0 Å². The standard InChI is InChI=1S/C12H12N6OS/c1-20(19)12-15-13-9-17(12)8-10-7-14-18(16-10)11-5-3-2-4-6-11/h2-7,9H,8H2,1H3. The summed E-state index contributed by atoms with van der Waals surface area (Å²) in [6, 6.07) is 9.64. The predicted molar refractivity (Wildman–Crippen MR) is 72.8 cm³/mol. The van der Waals surface area contributed by atoms with Gasteiger partial charge in [0, 0.05) is 6.26 Å². The van der Waals surface area contributed by atoms with Crippen molar-refractivity contribution in [2.75, 3.05) is 6.26 Å². The maximum absolute atomic E-state index is 11.5. The number of nitrogens with zero attached hydrogens (tertiary/aromatic N) is 6. The summed E-state index contributed by atoms with van der Waals surface area (Å²) in [5, 5.41) is 16.6. The number of rotatable bonds is 4. The minimum Gasteiger partial charge on any atom is -0.300 e. The Kier molecular flexibility index (Phi) is 3.38. The molecule has 1 aromatic carbocycles. The Morgan fingerprint density at radius 1 is 1.25 bits per heavy atom. The summed E-state index contributed by atoms with van der Waals surface area (Å²) in [6.45, 7) is 0.439. The molecule has 0 spiro atoms. The molecule has 20 heavy (non-hydrogen) atoms. The smallest absolute Gasteiger partial charge is 0.221 e. The molecule has 1 unspecified atom stereocenters. The third-order valence-corrected chi connectivity index (χ3v) is 3.53. The van der Waals surface area contributed by atoms with Gasteiger partial charge in [-0.2, -0.15) is 15.0 Å². The van der Waals surface area contributed by atoms with Crippen LogP contribution in [-0.2, 0) is 17.3 Å². The van der Waals surface area contributed by atoms with Crippen molar-refractivity contribution < 1.29 is 4.21 Å². The van der Waals surface area contributed by atoms with Crippen LogP contribution in [0.25, 0.3) is 5.69 Å². The number of para-hydroxylation sites is 1. The van der Waals surface area contributed by atoms with Crippen LogP contribution in [0.1, 0.15) is 5.69 Å². The number of hydrogen-bond donors (Lipinski definition) is 0. The third kappa shape index (κ3) is 2.50. The molecular weight excluding hydrogens is 276 g/mol. The normalized spacial score (nSPS) is 12.4. The van der Waals surface area contributed by atoms with E-state index in [9.17, 15) is 4.21 Å². The zero-order chi connectivity index (χ0) is 13.9. The third-order valence-electron chi connectivity index (χ3n) is 2.70. The lowest BCUT2D eigenvalue weighted by atomic mass is 10.3. The van der Waals surface area contributed by atoms with Crippen LogP contribution in [0.3, 0.4) is 0 Å². The van der Waals surface area contributed by atoms with Crippen molar-refractivity contribution in [3.63, 3.8) is 0 Å². The lowest BCUT2D eigenvalue weighted by Crippen LogP contribution is -2.06. The molecule has 0 amide bonds. The summed E-state index contributed by atoms with van der Waals surface area (Å²) < 4.78 is 13.2. The molecule has 0 saturated carbocycles. The van der Waals surface area contributed by atoms with Gasteiger partial charge < -0.3 is 4.57 Å². The van der Waals surface area contributed by atoms with Gasteiger partial charge in [0.25, 0.3) is 0 Å². The van der Waals surface area contributed by atoms with Crippen molar-refractivity contribution in [2.45, 2.75) is 11.7 Å². The zero-order valence-corrected chi connectivity index (χ0v) is 11.6. The molecule has 0 radical (unpaired) electrons. The summed E-state index contributed by atoms with van der Waals surface area (Å²) in [4.78, 5) is 1.56. The first-order valence-electron chi connectivity index (χ1n) is 5.92. The van der Waals surface area contributed by atoms with Crippen LogP contribution in [0.15, 0.2) is 48.0 Å². The summed E-state index contributed by atoms with van der Waals surface area (Å²) in [7, 11) is -1.18. The van der Waals surface area contributed by atoms with Gasteiger partial charge in [-0.25, -0.2) is 0 Å². The van der Waals surface area contributed by atoms with E-state index < -0.39 is 10.8 Å². The fourth-order valence-corrected chi connectivity index (χ4v) is 2.41. The SMILES string of the molecule is CS(=O)c1nncn1Cc1cnn(-c2ccccc2)n1. The van der Waals surface area contributed by atoms with E-state index in [0.29, 0.717) is 11.7 Å². The van der Waals surface area contributed by atoms with Crippen molar-refractivity contribution in [3.8, 4) is 5.69 Å². The fraction of sp³-hybridized carbons (Fsp3) is 0.167. The molecule has 102 valence electrons. The van der Waals surface area contributed by atoms with Gasteiger partial charge >= 0.3 is 0 Å². The topological polar surface area (TPSA) is 78.5 Å². The summed E-state index contributed by atoms with van der Waals surface area (Å²) in [6.07, 6.45) is 4.79. The molecule has 3 rings (SSSR count). The van der Waals surface area contributed by atoms with E-state index in [4.69, 9.17) is 0 Å². The highest BCUT2D eigenvalue weighted by atomic mass is 32.2. The van der Waals surface area contributed by atoms with Crippen molar-refractivity contribution >= 4 is 10.8 Å². The molecule has 0 aliphatic carbocycles. The molecule has 0 aliphatic rings. The second-order valence-electron chi connectivity index (χ2n) is 4.16. The first-order valence-corrected chi connectivity index (χ1v) is 7.48. The Labute approximate surface area is 117 Å². The van der Waals surface area contributed by atoms with E-state index in [1.54, 1.807) is 21.8 Å². The molecule has 0 N–H and O–H groups in total. The van der Waals surface area contributed by atoms with Gasteiger partial charge in [0.2, 0.25) is 5.16 Å². The second-order valence-corrected chi connectivity index (χ2v) is 5.43. The van der Waals surface area contributed by atoms with E-state index in [1.165, 1.54) is 6.33 Å². The number of hydrogen-bond acceptors (Lipinski definition) is 5. The first kappa shape index (κ1) is 12.7. The summed E-state index contributed by atoms with van der Waals surface area (Å²) in [5.41, 5.74) is 1.64. The summed E-state index contributed by atoms with van der Waals surface area (Å²) in [5.74, 6) is 0. The van der Waals surface area contributed by atoms with Gasteiger partial charge in [-0.3, -0.25) is 4.21 Å². The Morgan fingerprint density at radius 3 is 2.80 bits per heavy atom. The maximum atomic E-state index is 11.5. The predicted octanol–water partition coefficient (Wildman–Crippen LogP) is 0.645. The van der Waals surface area contributed by atoms with E-state index in [-0.39, 0.29) is 0 Å². The largest absolute Gasteiger partial charge is 0.300 e. The minimum absolute atomic E-state index is 0.430. The van der Waals surface area contributed by atoms with Gasteiger partial charge in [-0.1, -0.05) is 18.2 Å². The van der Waals surface area contributed by atoms with Gasteiger partial charge in [0.05, 0.1) is 29.2 Å². The van der Waals surface area contributed by atoms with E-state index in [2.05, 4.69) is 20.4 Å². The van der Waals surface area contributed by atoms with E-state index in [0.717, 1.165) is 11.4 Å². The molecule has 0 saturated heterocycles. The first-order chi connectivity index (χ1) is 9.74. The fourth-order valence-electron chi connectivity index (χ4n) is 1.80. The molecule has 0 bridgehead atoms. The molecule has 3 aromatic rings. The van der Waals surface area contributed by atoms with Gasteiger partial charge in [-0.15, -0.1) is 10.2 Å².